The second-order valence-electron chi connectivity index (χ2n) is 6.76. The molecule has 0 saturated carbocycles. The number of aryl methyl sites for hydroxylation is 1. The molecular weight excluding hydrogens is 426 g/mol. The highest BCUT2D eigenvalue weighted by molar-refractivity contribution is 7.98. The van der Waals surface area contributed by atoms with E-state index in [0.29, 0.717) is 23.6 Å². The minimum absolute atomic E-state index is 0.159. The number of amides is 1. The molecule has 0 aliphatic rings. The normalized spacial score (nSPS) is 10.6. The molecule has 0 aliphatic carbocycles. The van der Waals surface area contributed by atoms with Crippen LogP contribution >= 0.6 is 23.1 Å². The number of ether oxygens (including phenoxy) is 1. The average Bonchev–Trinajstić information content (AvgIpc) is 3.23. The van der Waals surface area contributed by atoms with Gasteiger partial charge in [-0.05, 0) is 55.5 Å². The van der Waals surface area contributed by atoms with E-state index in [0.717, 1.165) is 27.0 Å². The largest absolute Gasteiger partial charge is 0.487 e. The van der Waals surface area contributed by atoms with Crippen LogP contribution in [-0.2, 0) is 12.4 Å². The Morgan fingerprint density at radius 3 is 2.68 bits per heavy atom. The summed E-state index contributed by atoms with van der Waals surface area (Å²) in [6.45, 7) is 2.38. The van der Waals surface area contributed by atoms with E-state index in [1.165, 1.54) is 0 Å². The zero-order valence-electron chi connectivity index (χ0n) is 16.9. The Bertz CT molecular complexity index is 1140. The van der Waals surface area contributed by atoms with Crippen LogP contribution < -0.4 is 10.1 Å². The molecule has 0 bridgehead atoms. The lowest BCUT2D eigenvalue weighted by molar-refractivity contribution is 0.102. The van der Waals surface area contributed by atoms with Gasteiger partial charge in [0.15, 0.2) is 0 Å². The van der Waals surface area contributed by atoms with E-state index < -0.39 is 0 Å². The molecule has 2 aromatic carbocycles. The molecule has 1 N–H and O–H groups in total. The highest BCUT2D eigenvalue weighted by Crippen LogP contribution is 2.24. The molecular formula is C24H21N3O2S2. The van der Waals surface area contributed by atoms with Gasteiger partial charge in [-0.3, -0.25) is 9.78 Å². The molecule has 4 aromatic rings. The van der Waals surface area contributed by atoms with Crippen molar-refractivity contribution in [2.24, 2.45) is 0 Å². The van der Waals surface area contributed by atoms with Crippen LogP contribution in [0.25, 0.3) is 0 Å². The van der Waals surface area contributed by atoms with Crippen LogP contribution in [0.15, 0.2) is 83.2 Å². The Hall–Kier alpha value is -3.16. The second-order valence-corrected chi connectivity index (χ2v) is 8.87. The predicted molar refractivity (Wildman–Crippen MR) is 126 cm³/mol. The number of carbonyl (C=O) groups excluding carboxylic acids is 1. The molecule has 0 fully saturated rings. The Kier molecular flexibility index (Phi) is 6.96. The van der Waals surface area contributed by atoms with Gasteiger partial charge in [-0.25, -0.2) is 4.98 Å². The second kappa shape index (κ2) is 10.2. The fourth-order valence-electron chi connectivity index (χ4n) is 2.84. The van der Waals surface area contributed by atoms with Crippen molar-refractivity contribution in [1.29, 1.82) is 0 Å². The van der Waals surface area contributed by atoms with E-state index in [9.17, 15) is 4.79 Å². The van der Waals surface area contributed by atoms with Gasteiger partial charge in [0.2, 0.25) is 0 Å². The van der Waals surface area contributed by atoms with Gasteiger partial charge in [0.25, 0.3) is 5.91 Å². The van der Waals surface area contributed by atoms with Crippen molar-refractivity contribution < 1.29 is 9.53 Å². The number of rotatable bonds is 8. The Balaban J connectivity index is 1.32. The molecule has 0 unspecified atom stereocenters. The molecule has 0 radical (unpaired) electrons. The van der Waals surface area contributed by atoms with Crippen LogP contribution in [0.4, 0.5) is 5.69 Å². The van der Waals surface area contributed by atoms with Crippen LogP contribution in [0.3, 0.4) is 0 Å². The van der Waals surface area contributed by atoms with Crippen molar-refractivity contribution in [3.63, 3.8) is 0 Å². The SMILES string of the molecule is Cc1nc(CSc2ccc(C(=O)Nc3cccc(OCc4ccccn4)c3)cc2)cs1. The summed E-state index contributed by atoms with van der Waals surface area (Å²) in [4.78, 5) is 22.4. The maximum absolute atomic E-state index is 12.6. The first kappa shape index (κ1) is 21.1. The number of hydrogen-bond acceptors (Lipinski definition) is 6. The molecule has 0 saturated heterocycles. The topological polar surface area (TPSA) is 64.1 Å². The highest BCUT2D eigenvalue weighted by atomic mass is 32.2. The van der Waals surface area contributed by atoms with Crippen LogP contribution in [0.2, 0.25) is 0 Å². The number of anilines is 1. The van der Waals surface area contributed by atoms with Crippen molar-refractivity contribution in [2.45, 2.75) is 24.2 Å². The van der Waals surface area contributed by atoms with Crippen molar-refractivity contribution in [1.82, 2.24) is 9.97 Å². The average molecular weight is 448 g/mol. The molecule has 1 amide bonds. The van der Waals surface area contributed by atoms with E-state index in [1.807, 2.05) is 67.6 Å². The van der Waals surface area contributed by atoms with Gasteiger partial charge >= 0.3 is 0 Å². The molecule has 0 atom stereocenters. The predicted octanol–water partition coefficient (Wildman–Crippen LogP) is 5.97. The minimum atomic E-state index is -0.159. The summed E-state index contributed by atoms with van der Waals surface area (Å²) in [5.41, 5.74) is 3.22. The minimum Gasteiger partial charge on any atom is -0.487 e. The molecule has 7 heteroatoms. The lowest BCUT2D eigenvalue weighted by atomic mass is 10.2. The summed E-state index contributed by atoms with van der Waals surface area (Å²) in [5, 5.41) is 6.09. The number of benzene rings is 2. The highest BCUT2D eigenvalue weighted by Gasteiger charge is 2.08. The summed E-state index contributed by atoms with van der Waals surface area (Å²) in [6, 6.07) is 20.7. The van der Waals surface area contributed by atoms with E-state index in [4.69, 9.17) is 4.74 Å². The van der Waals surface area contributed by atoms with Crippen molar-refractivity contribution in [3.05, 3.63) is 100 Å². The first-order chi connectivity index (χ1) is 15.2. The molecule has 5 nitrogen and oxygen atoms in total. The van der Waals surface area contributed by atoms with E-state index in [-0.39, 0.29) is 5.91 Å². The van der Waals surface area contributed by atoms with Gasteiger partial charge in [-0.1, -0.05) is 12.1 Å². The van der Waals surface area contributed by atoms with Crippen LogP contribution in [0.1, 0.15) is 26.8 Å². The first-order valence-electron chi connectivity index (χ1n) is 9.74. The zero-order valence-corrected chi connectivity index (χ0v) is 18.6. The Labute approximate surface area is 189 Å². The Morgan fingerprint density at radius 1 is 1.06 bits per heavy atom. The molecule has 31 heavy (non-hydrogen) atoms. The van der Waals surface area contributed by atoms with Gasteiger partial charge in [-0.2, -0.15) is 0 Å². The van der Waals surface area contributed by atoms with Crippen molar-refractivity contribution >= 4 is 34.7 Å². The smallest absolute Gasteiger partial charge is 0.255 e. The zero-order chi connectivity index (χ0) is 21.5. The molecule has 4 rings (SSSR count). The van der Waals surface area contributed by atoms with Crippen molar-refractivity contribution in [3.8, 4) is 5.75 Å². The van der Waals surface area contributed by atoms with Crippen molar-refractivity contribution in [2.75, 3.05) is 5.32 Å². The maximum atomic E-state index is 12.6. The first-order valence-corrected chi connectivity index (χ1v) is 11.6. The third-order valence-corrected chi connectivity index (χ3v) is 6.24. The summed E-state index contributed by atoms with van der Waals surface area (Å²) in [6.07, 6.45) is 1.74. The number of pyridine rings is 1. The van der Waals surface area contributed by atoms with Crippen LogP contribution in [0.5, 0.6) is 5.75 Å². The lowest BCUT2D eigenvalue weighted by Gasteiger charge is -2.09. The van der Waals surface area contributed by atoms with Gasteiger partial charge in [0.1, 0.15) is 12.4 Å². The number of nitrogens with zero attached hydrogens (tertiary/aromatic N) is 2. The number of hydrogen-bond donors (Lipinski definition) is 1. The van der Waals surface area contributed by atoms with Gasteiger partial charge in [0.05, 0.1) is 16.4 Å². The fraction of sp³-hybridized carbons (Fsp3) is 0.125. The van der Waals surface area contributed by atoms with Gasteiger partial charge < -0.3 is 10.1 Å². The molecule has 2 heterocycles. The molecule has 156 valence electrons. The molecule has 0 aliphatic heterocycles. The monoisotopic (exact) mass is 447 g/mol. The standard InChI is InChI=1S/C24H21N3O2S2/c1-17-26-21(15-30-17)16-31-23-10-8-18(9-11-23)24(28)27-19-6-4-7-22(13-19)29-14-20-5-2-3-12-25-20/h2-13,15H,14,16H2,1H3,(H,27,28). The fourth-order valence-corrected chi connectivity index (χ4v) is 4.35. The van der Waals surface area contributed by atoms with Gasteiger partial charge in [0, 0.05) is 39.5 Å². The summed E-state index contributed by atoms with van der Waals surface area (Å²) < 4.78 is 5.78. The summed E-state index contributed by atoms with van der Waals surface area (Å²) in [7, 11) is 0. The van der Waals surface area contributed by atoms with E-state index in [1.54, 1.807) is 35.4 Å². The number of thioether (sulfide) groups is 1. The number of aromatic nitrogens is 2. The van der Waals surface area contributed by atoms with E-state index >= 15 is 0 Å². The third-order valence-electron chi connectivity index (χ3n) is 4.37. The molecule has 2 aromatic heterocycles. The number of nitrogens with one attached hydrogen (secondary N) is 1. The lowest BCUT2D eigenvalue weighted by Crippen LogP contribution is -2.11. The van der Waals surface area contributed by atoms with E-state index in [2.05, 4.69) is 20.7 Å². The van der Waals surface area contributed by atoms with Crippen LogP contribution in [0, 0.1) is 6.92 Å². The molecule has 0 spiro atoms. The summed E-state index contributed by atoms with van der Waals surface area (Å²) in [5.74, 6) is 1.34. The van der Waals surface area contributed by atoms with Crippen LogP contribution in [-0.4, -0.2) is 15.9 Å². The number of carbonyl (C=O) groups is 1. The Morgan fingerprint density at radius 2 is 1.94 bits per heavy atom. The number of thiazole rings is 1. The quantitative estimate of drug-likeness (QED) is 0.337. The summed E-state index contributed by atoms with van der Waals surface area (Å²) >= 11 is 3.37. The maximum Gasteiger partial charge on any atom is 0.255 e. The third kappa shape index (κ3) is 6.16. The van der Waals surface area contributed by atoms with Gasteiger partial charge in [-0.15, -0.1) is 23.1 Å².